The van der Waals surface area contributed by atoms with Crippen LogP contribution in [0.2, 0.25) is 0 Å². The van der Waals surface area contributed by atoms with E-state index in [2.05, 4.69) is 0 Å². The molecule has 1 heterocycles. The molecule has 8 nitrogen and oxygen atoms in total. The van der Waals surface area contributed by atoms with E-state index < -0.39 is 11.1 Å². The van der Waals surface area contributed by atoms with Crippen molar-refractivity contribution in [1.29, 1.82) is 0 Å². The number of hydrogen-bond acceptors (Lipinski definition) is 4. The van der Waals surface area contributed by atoms with Crippen LogP contribution in [0.1, 0.15) is 55.4 Å². The molecular formula is C24H36N4O4. The van der Waals surface area contributed by atoms with Gasteiger partial charge in [-0.2, -0.15) is 0 Å². The van der Waals surface area contributed by atoms with Crippen molar-refractivity contribution in [3.05, 3.63) is 45.0 Å². The summed E-state index contributed by atoms with van der Waals surface area (Å²) in [6.45, 7) is 14.8. The Balaban J connectivity index is 2.60. The van der Waals surface area contributed by atoms with Crippen LogP contribution in [0.25, 0.3) is 11.0 Å². The maximum atomic E-state index is 13.1. The molecule has 0 radical (unpaired) electrons. The Morgan fingerprint density at radius 3 is 1.19 bits per heavy atom. The maximum Gasteiger partial charge on any atom is 0.317 e. The molecule has 1 aromatic heterocycles. The Labute approximate surface area is 189 Å². The molecule has 0 atom stereocenters. The van der Waals surface area contributed by atoms with Gasteiger partial charge in [0, 0.05) is 24.2 Å². The molecule has 176 valence electrons. The first kappa shape index (κ1) is 25.4. The number of para-hydroxylation sites is 2. The number of aromatic nitrogens is 2. The van der Waals surface area contributed by atoms with Gasteiger partial charge >= 0.3 is 11.1 Å². The smallest absolute Gasteiger partial charge is 0.317 e. The average Bonchev–Trinajstić information content (AvgIpc) is 2.67. The summed E-state index contributed by atoms with van der Waals surface area (Å²) < 4.78 is 2.45. The van der Waals surface area contributed by atoms with E-state index in [0.29, 0.717) is 11.0 Å². The lowest BCUT2D eigenvalue weighted by atomic mass is 10.2. The fourth-order valence-electron chi connectivity index (χ4n) is 4.46. The third-order valence-corrected chi connectivity index (χ3v) is 5.52. The van der Waals surface area contributed by atoms with Crippen molar-refractivity contribution in [3.63, 3.8) is 0 Å². The first-order valence-electron chi connectivity index (χ1n) is 11.2. The molecule has 2 amide bonds. The SMILES string of the molecule is CC(C)N(C(=O)Cn1c(=O)c(=O)n(CC(=O)N(C(C)C)C(C)C)c2ccccc21)C(C)C. The molecule has 0 bridgehead atoms. The van der Waals surface area contributed by atoms with E-state index in [4.69, 9.17) is 0 Å². The largest absolute Gasteiger partial charge is 0.336 e. The van der Waals surface area contributed by atoms with E-state index in [1.54, 1.807) is 34.1 Å². The Bertz CT molecular complexity index is 993. The van der Waals surface area contributed by atoms with Crippen molar-refractivity contribution in [2.24, 2.45) is 0 Å². The molecule has 32 heavy (non-hydrogen) atoms. The number of benzene rings is 1. The highest BCUT2D eigenvalue weighted by molar-refractivity contribution is 5.83. The standard InChI is InChI=1S/C24H36N4O4/c1-15(2)27(16(3)4)21(29)13-25-19-11-9-10-12-20(19)26(24(32)23(25)31)14-22(30)28(17(5)6)18(7)8/h9-12,15-18H,13-14H2,1-8H3. The number of hydrogen-bond donors (Lipinski definition) is 0. The second kappa shape index (κ2) is 10.1. The van der Waals surface area contributed by atoms with Crippen LogP contribution in [-0.4, -0.2) is 54.9 Å². The molecule has 0 spiro atoms. The van der Waals surface area contributed by atoms with E-state index in [-0.39, 0.29) is 49.1 Å². The summed E-state index contributed by atoms with van der Waals surface area (Å²) in [5.74, 6) is -0.470. The summed E-state index contributed by atoms with van der Waals surface area (Å²) >= 11 is 0. The molecule has 2 rings (SSSR count). The molecule has 0 aliphatic rings. The van der Waals surface area contributed by atoms with Crippen LogP contribution in [0, 0.1) is 0 Å². The normalized spacial score (nSPS) is 11.8. The van der Waals surface area contributed by atoms with Gasteiger partial charge in [0.2, 0.25) is 11.8 Å². The van der Waals surface area contributed by atoms with Gasteiger partial charge in [0.25, 0.3) is 0 Å². The Hall–Kier alpha value is -2.90. The zero-order chi connectivity index (χ0) is 24.3. The van der Waals surface area contributed by atoms with Crippen LogP contribution in [0.15, 0.2) is 33.9 Å². The van der Waals surface area contributed by atoms with E-state index in [1.165, 1.54) is 9.13 Å². The first-order chi connectivity index (χ1) is 14.9. The van der Waals surface area contributed by atoms with Crippen LogP contribution in [0.5, 0.6) is 0 Å². The summed E-state index contributed by atoms with van der Waals surface area (Å²) in [5, 5.41) is 0. The molecule has 0 saturated heterocycles. The van der Waals surface area contributed by atoms with Crippen molar-refractivity contribution < 1.29 is 9.59 Å². The van der Waals surface area contributed by atoms with E-state index in [9.17, 15) is 19.2 Å². The molecule has 8 heteroatoms. The third-order valence-electron chi connectivity index (χ3n) is 5.52. The second-order valence-electron chi connectivity index (χ2n) is 9.25. The van der Waals surface area contributed by atoms with Gasteiger partial charge in [0.05, 0.1) is 11.0 Å². The van der Waals surface area contributed by atoms with Crippen LogP contribution < -0.4 is 11.1 Å². The fraction of sp³-hybridized carbons (Fsp3) is 0.583. The lowest BCUT2D eigenvalue weighted by Crippen LogP contribution is -2.49. The first-order valence-corrected chi connectivity index (χ1v) is 11.2. The summed E-state index contributed by atoms with van der Waals surface area (Å²) in [4.78, 5) is 55.5. The van der Waals surface area contributed by atoms with Gasteiger partial charge in [0.15, 0.2) is 0 Å². The van der Waals surface area contributed by atoms with Gasteiger partial charge in [-0.3, -0.25) is 28.3 Å². The molecular weight excluding hydrogens is 408 g/mol. The molecule has 0 fully saturated rings. The number of carbonyl (C=O) groups is 2. The van der Waals surface area contributed by atoms with Crippen molar-refractivity contribution in [3.8, 4) is 0 Å². The number of carbonyl (C=O) groups excluding carboxylic acids is 2. The summed E-state index contributed by atoms with van der Waals surface area (Å²) in [7, 11) is 0. The maximum absolute atomic E-state index is 13.1. The number of nitrogens with zero attached hydrogens (tertiary/aromatic N) is 4. The summed E-state index contributed by atoms with van der Waals surface area (Å²) in [5.41, 5.74) is -0.714. The van der Waals surface area contributed by atoms with Crippen molar-refractivity contribution >= 4 is 22.8 Å². The van der Waals surface area contributed by atoms with E-state index >= 15 is 0 Å². The van der Waals surface area contributed by atoms with E-state index in [1.807, 2.05) is 55.4 Å². The molecule has 0 aliphatic heterocycles. The Morgan fingerprint density at radius 1 is 0.656 bits per heavy atom. The molecule has 0 saturated carbocycles. The van der Waals surface area contributed by atoms with Crippen molar-refractivity contribution in [2.75, 3.05) is 0 Å². The quantitative estimate of drug-likeness (QED) is 0.586. The van der Waals surface area contributed by atoms with Gasteiger partial charge in [-0.15, -0.1) is 0 Å². The van der Waals surface area contributed by atoms with Crippen LogP contribution >= 0.6 is 0 Å². The molecule has 0 aliphatic carbocycles. The van der Waals surface area contributed by atoms with Crippen LogP contribution in [0.4, 0.5) is 0 Å². The monoisotopic (exact) mass is 444 g/mol. The fourth-order valence-corrected chi connectivity index (χ4v) is 4.46. The Morgan fingerprint density at radius 2 is 0.938 bits per heavy atom. The molecule has 2 aromatic rings. The van der Waals surface area contributed by atoms with Gasteiger partial charge in [0.1, 0.15) is 13.1 Å². The van der Waals surface area contributed by atoms with Gasteiger partial charge in [-0.05, 0) is 67.5 Å². The molecule has 0 unspecified atom stereocenters. The zero-order valence-electron chi connectivity index (χ0n) is 20.5. The van der Waals surface area contributed by atoms with Crippen LogP contribution in [0.3, 0.4) is 0 Å². The van der Waals surface area contributed by atoms with Gasteiger partial charge < -0.3 is 9.80 Å². The zero-order valence-corrected chi connectivity index (χ0v) is 20.5. The number of rotatable bonds is 8. The highest BCUT2D eigenvalue weighted by Gasteiger charge is 2.25. The Kier molecular flexibility index (Phi) is 8.04. The minimum Gasteiger partial charge on any atom is -0.336 e. The highest BCUT2D eigenvalue weighted by Crippen LogP contribution is 2.14. The van der Waals surface area contributed by atoms with Crippen molar-refractivity contribution in [2.45, 2.75) is 92.6 Å². The van der Waals surface area contributed by atoms with Gasteiger partial charge in [-0.25, -0.2) is 0 Å². The van der Waals surface area contributed by atoms with Gasteiger partial charge in [-0.1, -0.05) is 12.1 Å². The minimum absolute atomic E-state index is 0.0412. The number of fused-ring (bicyclic) bond motifs is 1. The summed E-state index contributed by atoms with van der Waals surface area (Å²) in [6, 6.07) is 6.72. The third kappa shape index (κ3) is 5.11. The summed E-state index contributed by atoms with van der Waals surface area (Å²) in [6.07, 6.45) is 0. The second-order valence-corrected chi connectivity index (χ2v) is 9.25. The topological polar surface area (TPSA) is 84.6 Å². The highest BCUT2D eigenvalue weighted by atomic mass is 16.2. The number of amides is 2. The lowest BCUT2D eigenvalue weighted by Gasteiger charge is -2.32. The molecule has 0 N–H and O–H groups in total. The predicted molar refractivity (Wildman–Crippen MR) is 127 cm³/mol. The average molecular weight is 445 g/mol. The predicted octanol–water partition coefficient (Wildman–Crippen LogP) is 2.45. The van der Waals surface area contributed by atoms with Crippen LogP contribution in [-0.2, 0) is 22.7 Å². The minimum atomic E-state index is -0.807. The van der Waals surface area contributed by atoms with E-state index in [0.717, 1.165) is 0 Å². The molecule has 1 aromatic carbocycles. The van der Waals surface area contributed by atoms with Crippen molar-refractivity contribution in [1.82, 2.24) is 18.9 Å². The lowest BCUT2D eigenvalue weighted by molar-refractivity contribution is -0.136.